The van der Waals surface area contributed by atoms with Crippen molar-refractivity contribution in [2.24, 2.45) is 5.92 Å². The summed E-state index contributed by atoms with van der Waals surface area (Å²) in [7, 11) is 0. The third kappa shape index (κ3) is 6.31. The van der Waals surface area contributed by atoms with Gasteiger partial charge in [-0.05, 0) is 31.4 Å². The first kappa shape index (κ1) is 20.8. The van der Waals surface area contributed by atoms with Gasteiger partial charge in [0.25, 0.3) is 5.91 Å². The first-order valence-electron chi connectivity index (χ1n) is 9.84. The summed E-state index contributed by atoms with van der Waals surface area (Å²) in [6, 6.07) is 7.09. The Morgan fingerprint density at radius 3 is 2.42 bits per heavy atom. The Morgan fingerprint density at radius 1 is 1.08 bits per heavy atom. The van der Waals surface area contributed by atoms with Gasteiger partial charge in [0.15, 0.2) is 0 Å². The highest BCUT2D eigenvalue weighted by molar-refractivity contribution is 6.33. The Balaban J connectivity index is 1.67. The second kappa shape index (κ2) is 11.2. The van der Waals surface area contributed by atoms with E-state index in [-0.39, 0.29) is 17.8 Å². The molecule has 1 saturated heterocycles. The molecular weight excluding hydrogens is 350 g/mol. The normalized spacial score (nSPS) is 15.1. The second-order valence-corrected chi connectivity index (χ2v) is 7.39. The summed E-state index contributed by atoms with van der Waals surface area (Å²) >= 11 is 6.11. The lowest BCUT2D eigenvalue weighted by atomic mass is 9.96. The summed E-state index contributed by atoms with van der Waals surface area (Å²) in [5, 5.41) is 0.470. The molecule has 0 spiro atoms. The summed E-state index contributed by atoms with van der Waals surface area (Å²) in [6.45, 7) is 3.86. The SMILES string of the molecule is CCCCCCCCOC(=O)C1CCN(C(=O)c2ccccc2Cl)CC1. The molecular formula is C21H30ClNO3. The summed E-state index contributed by atoms with van der Waals surface area (Å²) in [5.41, 5.74) is 0.526. The molecule has 144 valence electrons. The van der Waals surface area contributed by atoms with E-state index >= 15 is 0 Å². The molecule has 1 amide bonds. The van der Waals surface area contributed by atoms with Crippen LogP contribution in [0.3, 0.4) is 0 Å². The highest BCUT2D eigenvalue weighted by Crippen LogP contribution is 2.23. The van der Waals surface area contributed by atoms with Crippen molar-refractivity contribution in [1.29, 1.82) is 0 Å². The number of hydrogen-bond donors (Lipinski definition) is 0. The van der Waals surface area contributed by atoms with Gasteiger partial charge in [0, 0.05) is 13.1 Å². The van der Waals surface area contributed by atoms with E-state index in [9.17, 15) is 9.59 Å². The number of piperidine rings is 1. The summed E-state index contributed by atoms with van der Waals surface area (Å²) in [4.78, 5) is 26.5. The minimum absolute atomic E-state index is 0.0607. The van der Waals surface area contributed by atoms with Gasteiger partial charge in [-0.2, -0.15) is 0 Å². The lowest BCUT2D eigenvalue weighted by Crippen LogP contribution is -2.40. The summed E-state index contributed by atoms with van der Waals surface area (Å²) < 4.78 is 5.42. The monoisotopic (exact) mass is 379 g/mol. The molecule has 1 fully saturated rings. The molecule has 0 bridgehead atoms. The van der Waals surface area contributed by atoms with E-state index in [0.29, 0.717) is 43.1 Å². The highest BCUT2D eigenvalue weighted by atomic mass is 35.5. The highest BCUT2D eigenvalue weighted by Gasteiger charge is 2.29. The Labute approximate surface area is 161 Å². The van der Waals surface area contributed by atoms with Crippen molar-refractivity contribution in [2.75, 3.05) is 19.7 Å². The summed E-state index contributed by atoms with van der Waals surface area (Å²) in [6.07, 6.45) is 8.39. The fraction of sp³-hybridized carbons (Fsp3) is 0.619. The number of benzene rings is 1. The van der Waals surface area contributed by atoms with Gasteiger partial charge in [-0.25, -0.2) is 0 Å². The molecule has 0 saturated carbocycles. The largest absolute Gasteiger partial charge is 0.465 e. The van der Waals surface area contributed by atoms with E-state index in [1.54, 1.807) is 17.0 Å². The van der Waals surface area contributed by atoms with Gasteiger partial charge in [0.2, 0.25) is 0 Å². The molecule has 2 rings (SSSR count). The molecule has 5 heteroatoms. The van der Waals surface area contributed by atoms with E-state index < -0.39 is 0 Å². The molecule has 0 aromatic heterocycles. The van der Waals surface area contributed by atoms with Crippen LogP contribution in [0.5, 0.6) is 0 Å². The van der Waals surface area contributed by atoms with E-state index in [2.05, 4.69) is 6.92 Å². The zero-order chi connectivity index (χ0) is 18.8. The van der Waals surface area contributed by atoms with Crippen LogP contribution in [-0.2, 0) is 9.53 Å². The number of unbranched alkanes of at least 4 members (excludes halogenated alkanes) is 5. The number of ether oxygens (including phenoxy) is 1. The fourth-order valence-corrected chi connectivity index (χ4v) is 3.51. The Bertz CT molecular complexity index is 582. The van der Waals surface area contributed by atoms with Crippen molar-refractivity contribution in [3.63, 3.8) is 0 Å². The van der Waals surface area contributed by atoms with Crippen molar-refractivity contribution in [2.45, 2.75) is 58.3 Å². The van der Waals surface area contributed by atoms with Crippen molar-refractivity contribution < 1.29 is 14.3 Å². The van der Waals surface area contributed by atoms with Crippen LogP contribution in [0.15, 0.2) is 24.3 Å². The molecule has 1 aromatic rings. The molecule has 26 heavy (non-hydrogen) atoms. The molecule has 0 aliphatic carbocycles. The van der Waals surface area contributed by atoms with Crippen LogP contribution in [0.25, 0.3) is 0 Å². The number of rotatable bonds is 9. The predicted molar refractivity (Wildman–Crippen MR) is 104 cm³/mol. The van der Waals surface area contributed by atoms with Crippen molar-refractivity contribution >= 4 is 23.5 Å². The van der Waals surface area contributed by atoms with Crippen LogP contribution in [0.1, 0.15) is 68.6 Å². The first-order chi connectivity index (χ1) is 12.6. The lowest BCUT2D eigenvalue weighted by molar-refractivity contribution is -0.150. The van der Waals surface area contributed by atoms with Gasteiger partial charge in [-0.1, -0.05) is 62.8 Å². The summed E-state index contributed by atoms with van der Waals surface area (Å²) in [5.74, 6) is -0.261. The number of hydrogen-bond acceptors (Lipinski definition) is 3. The maximum atomic E-state index is 12.5. The maximum absolute atomic E-state index is 12.5. The zero-order valence-electron chi connectivity index (χ0n) is 15.7. The van der Waals surface area contributed by atoms with E-state index in [1.807, 2.05) is 12.1 Å². The Kier molecular flexibility index (Phi) is 8.96. The Morgan fingerprint density at radius 2 is 1.73 bits per heavy atom. The van der Waals surface area contributed by atoms with Crippen LogP contribution >= 0.6 is 11.6 Å². The number of halogens is 1. The smallest absolute Gasteiger partial charge is 0.309 e. The third-order valence-corrected chi connectivity index (χ3v) is 5.29. The third-order valence-electron chi connectivity index (χ3n) is 4.96. The van der Waals surface area contributed by atoms with Gasteiger partial charge in [0.05, 0.1) is 23.1 Å². The second-order valence-electron chi connectivity index (χ2n) is 6.98. The average molecular weight is 380 g/mol. The molecule has 1 aromatic carbocycles. The number of likely N-dealkylation sites (tertiary alicyclic amines) is 1. The molecule has 0 N–H and O–H groups in total. The minimum Gasteiger partial charge on any atom is -0.465 e. The van der Waals surface area contributed by atoms with Gasteiger partial charge in [-0.15, -0.1) is 0 Å². The van der Waals surface area contributed by atoms with Crippen LogP contribution in [0.4, 0.5) is 0 Å². The molecule has 1 heterocycles. The standard InChI is InChI=1S/C21H30ClNO3/c1-2-3-4-5-6-9-16-26-21(25)17-12-14-23(15-13-17)20(24)18-10-7-8-11-19(18)22/h7-8,10-11,17H,2-6,9,12-16H2,1H3. The van der Waals surface area contributed by atoms with Crippen LogP contribution < -0.4 is 0 Å². The van der Waals surface area contributed by atoms with Gasteiger partial charge < -0.3 is 9.64 Å². The van der Waals surface area contributed by atoms with Crippen molar-refractivity contribution in [1.82, 2.24) is 4.90 Å². The molecule has 0 unspecified atom stereocenters. The molecule has 4 nitrogen and oxygen atoms in total. The quantitative estimate of drug-likeness (QED) is 0.443. The van der Waals surface area contributed by atoms with E-state index in [4.69, 9.17) is 16.3 Å². The minimum atomic E-state index is -0.108. The van der Waals surface area contributed by atoms with Gasteiger partial charge in [-0.3, -0.25) is 9.59 Å². The van der Waals surface area contributed by atoms with Gasteiger partial charge >= 0.3 is 5.97 Å². The fourth-order valence-electron chi connectivity index (χ4n) is 3.30. The van der Waals surface area contributed by atoms with Crippen LogP contribution in [0, 0.1) is 5.92 Å². The predicted octanol–water partition coefficient (Wildman–Crippen LogP) is 5.10. The first-order valence-corrected chi connectivity index (χ1v) is 10.2. The number of carbonyl (C=O) groups is 2. The number of carbonyl (C=O) groups excluding carboxylic acids is 2. The molecule has 0 atom stereocenters. The van der Waals surface area contributed by atoms with Crippen LogP contribution in [0.2, 0.25) is 5.02 Å². The molecule has 1 aliphatic rings. The lowest BCUT2D eigenvalue weighted by Gasteiger charge is -2.31. The van der Waals surface area contributed by atoms with Crippen molar-refractivity contribution in [3.8, 4) is 0 Å². The number of esters is 1. The average Bonchev–Trinajstić information content (AvgIpc) is 2.67. The van der Waals surface area contributed by atoms with E-state index in [1.165, 1.54) is 25.7 Å². The Hall–Kier alpha value is -1.55. The molecule has 0 radical (unpaired) electrons. The zero-order valence-corrected chi connectivity index (χ0v) is 16.5. The molecule has 1 aliphatic heterocycles. The number of amides is 1. The van der Waals surface area contributed by atoms with E-state index in [0.717, 1.165) is 12.8 Å². The topological polar surface area (TPSA) is 46.6 Å². The maximum Gasteiger partial charge on any atom is 0.309 e. The number of nitrogens with zero attached hydrogens (tertiary/aromatic N) is 1. The van der Waals surface area contributed by atoms with Crippen molar-refractivity contribution in [3.05, 3.63) is 34.9 Å². The van der Waals surface area contributed by atoms with Crippen LogP contribution in [-0.4, -0.2) is 36.5 Å². The van der Waals surface area contributed by atoms with Gasteiger partial charge in [0.1, 0.15) is 0 Å².